The molecule has 4 N–H and O–H groups in total. The molecule has 0 aromatic rings. The topological polar surface area (TPSA) is 157 Å². The van der Waals surface area contributed by atoms with E-state index in [9.17, 15) is 29.1 Å². The molecular weight excluding hydrogens is 528 g/mol. The first kappa shape index (κ1) is 36.5. The maximum absolute atomic E-state index is 13.5. The van der Waals surface area contributed by atoms with Crippen molar-refractivity contribution in [1.29, 1.82) is 0 Å². The van der Waals surface area contributed by atoms with Crippen LogP contribution in [-0.4, -0.2) is 88.4 Å². The van der Waals surface area contributed by atoms with Crippen LogP contribution in [0.5, 0.6) is 0 Å². The SMILES string of the molecule is CCC(C)[C@H](NC(=O)[C@H](C(C)CC)N(C)C(C)=O)C(=O)N[C@H](C(=O)N[C@@H](CC(C)C)C(=O)[C@]1(C)OC1CC)C(C)O. The Hall–Kier alpha value is -2.53. The molecule has 0 aromatic heterocycles. The number of rotatable bonds is 17. The second kappa shape index (κ2) is 15.6. The van der Waals surface area contributed by atoms with Crippen LogP contribution in [-0.2, 0) is 28.7 Å². The van der Waals surface area contributed by atoms with Crippen LogP contribution in [0.25, 0.3) is 0 Å². The molecule has 1 saturated heterocycles. The van der Waals surface area contributed by atoms with Crippen molar-refractivity contribution in [2.24, 2.45) is 17.8 Å². The van der Waals surface area contributed by atoms with E-state index in [1.165, 1.54) is 18.7 Å². The number of carbonyl (C=O) groups excluding carboxylic acids is 5. The van der Waals surface area contributed by atoms with Crippen LogP contribution in [0, 0.1) is 17.8 Å². The Morgan fingerprint density at radius 2 is 1.37 bits per heavy atom. The van der Waals surface area contributed by atoms with Crippen LogP contribution < -0.4 is 16.0 Å². The van der Waals surface area contributed by atoms with E-state index in [1.54, 1.807) is 20.9 Å². The summed E-state index contributed by atoms with van der Waals surface area (Å²) in [5, 5.41) is 18.6. The van der Waals surface area contributed by atoms with E-state index in [2.05, 4.69) is 16.0 Å². The lowest BCUT2D eigenvalue weighted by Crippen LogP contribution is -2.62. The van der Waals surface area contributed by atoms with Crippen molar-refractivity contribution < 1.29 is 33.8 Å². The van der Waals surface area contributed by atoms with Gasteiger partial charge in [0.1, 0.15) is 18.1 Å². The number of Topliss-reactive ketones (excluding diaryl/α,β-unsaturated/α-hetero) is 1. The summed E-state index contributed by atoms with van der Waals surface area (Å²) < 4.78 is 5.63. The average Bonchev–Trinajstić information content (AvgIpc) is 3.59. The highest BCUT2D eigenvalue weighted by atomic mass is 16.6. The van der Waals surface area contributed by atoms with Crippen molar-refractivity contribution in [3.05, 3.63) is 0 Å². The van der Waals surface area contributed by atoms with E-state index < -0.39 is 53.6 Å². The Balaban J connectivity index is 3.18. The molecule has 1 fully saturated rings. The van der Waals surface area contributed by atoms with Gasteiger partial charge in [-0.15, -0.1) is 0 Å². The highest BCUT2D eigenvalue weighted by Gasteiger charge is 2.58. The first-order valence-corrected chi connectivity index (χ1v) is 15.0. The van der Waals surface area contributed by atoms with Crippen LogP contribution in [0.2, 0.25) is 0 Å². The second-order valence-electron chi connectivity index (χ2n) is 12.2. The van der Waals surface area contributed by atoms with E-state index in [4.69, 9.17) is 4.74 Å². The van der Waals surface area contributed by atoms with E-state index in [-0.39, 0.29) is 35.5 Å². The fourth-order valence-electron chi connectivity index (χ4n) is 5.09. The molecule has 0 saturated carbocycles. The van der Waals surface area contributed by atoms with Crippen LogP contribution >= 0.6 is 0 Å². The number of nitrogens with zero attached hydrogens (tertiary/aromatic N) is 1. The van der Waals surface area contributed by atoms with E-state index >= 15 is 0 Å². The number of ether oxygens (including phenoxy) is 1. The van der Waals surface area contributed by atoms with Gasteiger partial charge in [0.25, 0.3) is 0 Å². The molecule has 1 heterocycles. The summed E-state index contributed by atoms with van der Waals surface area (Å²) in [6.07, 6.45) is 0.721. The maximum atomic E-state index is 13.5. The highest BCUT2D eigenvalue weighted by Crippen LogP contribution is 2.40. The number of hydrogen-bond donors (Lipinski definition) is 4. The zero-order chi connectivity index (χ0) is 31.8. The molecule has 0 aliphatic carbocycles. The molecule has 0 aromatic carbocycles. The van der Waals surface area contributed by atoms with Crippen LogP contribution in [0.4, 0.5) is 0 Å². The van der Waals surface area contributed by atoms with Gasteiger partial charge in [0, 0.05) is 14.0 Å². The molecule has 0 bridgehead atoms. The fraction of sp³-hybridized carbons (Fsp3) is 0.833. The minimum Gasteiger partial charge on any atom is -0.391 e. The summed E-state index contributed by atoms with van der Waals surface area (Å²) >= 11 is 0. The molecule has 0 radical (unpaired) electrons. The number of aliphatic hydroxyl groups excluding tert-OH is 1. The number of likely N-dealkylation sites (N-methyl/N-ethyl adjacent to an activating group) is 1. The summed E-state index contributed by atoms with van der Waals surface area (Å²) in [6.45, 7) is 17.7. The number of epoxide rings is 1. The average molecular weight is 583 g/mol. The van der Waals surface area contributed by atoms with Gasteiger partial charge in [-0.05, 0) is 44.4 Å². The minimum absolute atomic E-state index is 0.0860. The molecule has 41 heavy (non-hydrogen) atoms. The van der Waals surface area contributed by atoms with E-state index in [0.29, 0.717) is 25.7 Å². The molecule has 4 unspecified atom stereocenters. The third kappa shape index (κ3) is 9.49. The Morgan fingerprint density at radius 3 is 1.78 bits per heavy atom. The first-order chi connectivity index (χ1) is 19.0. The van der Waals surface area contributed by atoms with Crippen molar-refractivity contribution in [1.82, 2.24) is 20.9 Å². The first-order valence-electron chi connectivity index (χ1n) is 15.0. The van der Waals surface area contributed by atoms with Gasteiger partial charge >= 0.3 is 0 Å². The number of carbonyl (C=O) groups is 5. The normalized spacial score (nSPS) is 23.3. The molecule has 11 nitrogen and oxygen atoms in total. The summed E-state index contributed by atoms with van der Waals surface area (Å²) in [4.78, 5) is 67.1. The molecule has 4 amide bonds. The number of nitrogens with one attached hydrogen (secondary N) is 3. The van der Waals surface area contributed by atoms with Gasteiger partial charge in [-0.1, -0.05) is 61.3 Å². The second-order valence-corrected chi connectivity index (χ2v) is 12.2. The van der Waals surface area contributed by atoms with Crippen molar-refractivity contribution in [3.8, 4) is 0 Å². The molecule has 0 spiro atoms. The van der Waals surface area contributed by atoms with Crippen molar-refractivity contribution in [3.63, 3.8) is 0 Å². The summed E-state index contributed by atoms with van der Waals surface area (Å²) in [6, 6.07) is -4.03. The van der Waals surface area contributed by atoms with Gasteiger partial charge in [-0.25, -0.2) is 0 Å². The third-order valence-corrected chi connectivity index (χ3v) is 8.37. The number of amides is 4. The Bertz CT molecular complexity index is 940. The number of hydrogen-bond acceptors (Lipinski definition) is 7. The van der Waals surface area contributed by atoms with Crippen LogP contribution in [0.1, 0.15) is 94.9 Å². The zero-order valence-corrected chi connectivity index (χ0v) is 26.9. The lowest BCUT2D eigenvalue weighted by molar-refractivity contribution is -0.141. The van der Waals surface area contributed by atoms with Gasteiger partial charge in [0.05, 0.1) is 18.2 Å². The smallest absolute Gasteiger partial charge is 0.245 e. The van der Waals surface area contributed by atoms with E-state index in [1.807, 2.05) is 41.5 Å². The molecule has 1 aliphatic heterocycles. The van der Waals surface area contributed by atoms with E-state index in [0.717, 1.165) is 0 Å². The summed E-state index contributed by atoms with van der Waals surface area (Å²) in [5.41, 5.74) is -0.976. The standard InChI is InChI=1S/C30H54N4O7/c1-12-17(6)23(32-29(40)25(18(7)13-2)34(11)20(9)36)27(38)33-24(19(8)35)28(39)31-21(15-16(4)5)26(37)30(10)22(14-3)41-30/h16-19,21-25,35H,12-15H2,1-11H3,(H,31,39)(H,32,40)(H,33,38)/t17?,18?,19?,21-,22?,23-,24-,25-,30+/m0/s1. The monoisotopic (exact) mass is 582 g/mol. The molecule has 1 rings (SSSR count). The van der Waals surface area contributed by atoms with Crippen molar-refractivity contribution in [2.45, 2.75) is 137 Å². The Morgan fingerprint density at radius 1 is 0.854 bits per heavy atom. The Labute approximate surface area is 245 Å². The summed E-state index contributed by atoms with van der Waals surface area (Å²) in [7, 11) is 1.55. The lowest BCUT2D eigenvalue weighted by Gasteiger charge is -2.34. The third-order valence-electron chi connectivity index (χ3n) is 8.37. The lowest BCUT2D eigenvalue weighted by atomic mass is 9.90. The van der Waals surface area contributed by atoms with Gasteiger partial charge in [0.2, 0.25) is 23.6 Å². The quantitative estimate of drug-likeness (QED) is 0.191. The maximum Gasteiger partial charge on any atom is 0.245 e. The number of ketones is 1. The molecule has 9 atom stereocenters. The fourth-order valence-corrected chi connectivity index (χ4v) is 5.09. The summed E-state index contributed by atoms with van der Waals surface area (Å²) in [5.74, 6) is -2.72. The molecule has 1 aliphatic rings. The predicted molar refractivity (Wildman–Crippen MR) is 157 cm³/mol. The molecule has 236 valence electrons. The largest absolute Gasteiger partial charge is 0.391 e. The van der Waals surface area contributed by atoms with Crippen LogP contribution in [0.15, 0.2) is 0 Å². The zero-order valence-electron chi connectivity index (χ0n) is 26.9. The van der Waals surface area contributed by atoms with Crippen molar-refractivity contribution >= 4 is 29.4 Å². The van der Waals surface area contributed by atoms with Gasteiger partial charge in [0.15, 0.2) is 11.4 Å². The predicted octanol–water partition coefficient (Wildman–Crippen LogP) is 1.94. The van der Waals surface area contributed by atoms with Crippen molar-refractivity contribution in [2.75, 3.05) is 7.05 Å². The van der Waals surface area contributed by atoms with Gasteiger partial charge in [-0.3, -0.25) is 24.0 Å². The van der Waals surface area contributed by atoms with Gasteiger partial charge < -0.3 is 30.7 Å². The van der Waals surface area contributed by atoms with Crippen LogP contribution in [0.3, 0.4) is 0 Å². The highest BCUT2D eigenvalue weighted by molar-refractivity contribution is 5.99. The molecule has 11 heteroatoms. The minimum atomic E-state index is -1.37. The molecular formula is C30H54N4O7. The number of aliphatic hydroxyl groups is 1. The Kier molecular flexibility index (Phi) is 13.9. The van der Waals surface area contributed by atoms with Gasteiger partial charge in [-0.2, -0.15) is 0 Å².